The number of carbonyl (C=O) groups is 1. The van der Waals surface area contributed by atoms with E-state index in [1.165, 1.54) is 24.9 Å². The van der Waals surface area contributed by atoms with Crippen molar-refractivity contribution in [3.05, 3.63) is 75.6 Å². The number of fused-ring (bicyclic) bond motifs is 1. The molecule has 1 unspecified atom stereocenters. The van der Waals surface area contributed by atoms with Gasteiger partial charge in [0.15, 0.2) is 16.7 Å². The number of phenolic OH excluding ortho intramolecular Hbond substituents is 1. The molecule has 0 spiro atoms. The Kier molecular flexibility index (Phi) is 5.50. The quantitative estimate of drug-likeness (QED) is 0.483. The Balaban J connectivity index is 1.74. The highest BCUT2D eigenvalue weighted by molar-refractivity contribution is 7.98. The average Bonchev–Trinajstić information content (AvgIpc) is 2.75. The second-order valence-corrected chi connectivity index (χ2v) is 7.97. The van der Waals surface area contributed by atoms with Crippen molar-refractivity contribution in [3.63, 3.8) is 0 Å². The molecule has 1 aromatic heterocycles. The Morgan fingerprint density at radius 3 is 2.73 bits per heavy atom. The van der Waals surface area contributed by atoms with Crippen LogP contribution in [0.15, 0.2) is 58.5 Å². The molecule has 0 radical (unpaired) electrons. The smallest absolute Gasteiger partial charge is 0.279 e. The molecular weight excluding hydrogens is 402 g/mol. The van der Waals surface area contributed by atoms with Crippen LogP contribution in [0.4, 0.5) is 5.82 Å². The van der Waals surface area contributed by atoms with E-state index in [9.17, 15) is 14.7 Å². The molecule has 154 valence electrons. The summed E-state index contributed by atoms with van der Waals surface area (Å²) in [4.78, 5) is 29.7. The third kappa shape index (κ3) is 3.78. The highest BCUT2D eigenvalue weighted by Gasteiger charge is 2.32. The van der Waals surface area contributed by atoms with Crippen LogP contribution in [-0.2, 0) is 17.6 Å². The first-order valence-corrected chi connectivity index (χ1v) is 10.4. The van der Waals surface area contributed by atoms with Crippen LogP contribution in [0.25, 0.3) is 0 Å². The summed E-state index contributed by atoms with van der Waals surface area (Å²) in [5.41, 5.74) is 1.90. The second-order valence-electron chi connectivity index (χ2n) is 7.03. The van der Waals surface area contributed by atoms with E-state index in [2.05, 4.69) is 10.3 Å². The average molecular weight is 423 g/mol. The van der Waals surface area contributed by atoms with Crippen molar-refractivity contribution in [1.82, 2.24) is 9.55 Å². The Labute approximate surface area is 177 Å². The van der Waals surface area contributed by atoms with Crippen LogP contribution in [0.2, 0.25) is 0 Å². The number of nitrogens with zero attached hydrogens (tertiary/aromatic N) is 2. The normalized spacial score (nSPS) is 15.4. The van der Waals surface area contributed by atoms with Crippen LogP contribution in [0.3, 0.4) is 0 Å². The highest BCUT2D eigenvalue weighted by atomic mass is 32.2. The third-order valence-electron chi connectivity index (χ3n) is 5.12. The van der Waals surface area contributed by atoms with E-state index in [4.69, 9.17) is 4.74 Å². The molecule has 1 atom stereocenters. The molecule has 7 nitrogen and oxygen atoms in total. The zero-order chi connectivity index (χ0) is 21.3. The SMILES string of the molecule is COc1cc(C2CC(=O)Nc3c2c(=O)nc(SCc2ccccc2)n3C)ccc1O. The number of ether oxygens (including phenoxy) is 1. The fraction of sp³-hybridized carbons (Fsp3) is 0.227. The van der Waals surface area contributed by atoms with Crippen LogP contribution in [0.5, 0.6) is 11.5 Å². The molecule has 8 heteroatoms. The molecule has 1 amide bonds. The molecule has 2 aromatic carbocycles. The molecule has 30 heavy (non-hydrogen) atoms. The number of anilines is 1. The van der Waals surface area contributed by atoms with Crippen LogP contribution in [0.1, 0.15) is 29.0 Å². The van der Waals surface area contributed by atoms with Crippen molar-refractivity contribution < 1.29 is 14.6 Å². The third-order valence-corrected chi connectivity index (χ3v) is 6.22. The molecule has 3 aromatic rings. The zero-order valence-corrected chi connectivity index (χ0v) is 17.4. The van der Waals surface area contributed by atoms with Gasteiger partial charge >= 0.3 is 0 Å². The standard InChI is InChI=1S/C22H21N3O4S/c1-25-20-19(21(28)24-22(25)30-12-13-6-4-3-5-7-13)15(11-18(27)23-20)14-8-9-16(26)17(10-14)29-2/h3-10,15,26H,11-12H2,1-2H3,(H,23,27). The molecule has 2 N–H and O–H groups in total. The maximum absolute atomic E-state index is 13.0. The van der Waals surface area contributed by atoms with E-state index < -0.39 is 5.92 Å². The summed E-state index contributed by atoms with van der Waals surface area (Å²) < 4.78 is 6.94. The van der Waals surface area contributed by atoms with Crippen LogP contribution in [0, 0.1) is 0 Å². The predicted octanol–water partition coefficient (Wildman–Crippen LogP) is 3.26. The lowest BCUT2D eigenvalue weighted by atomic mass is 9.86. The van der Waals surface area contributed by atoms with Gasteiger partial charge in [-0.3, -0.25) is 9.59 Å². The lowest BCUT2D eigenvalue weighted by molar-refractivity contribution is -0.116. The van der Waals surface area contributed by atoms with Gasteiger partial charge in [-0.15, -0.1) is 0 Å². The summed E-state index contributed by atoms with van der Waals surface area (Å²) in [6, 6.07) is 14.8. The monoisotopic (exact) mass is 423 g/mol. The number of thioether (sulfide) groups is 1. The molecular formula is C22H21N3O4S. The van der Waals surface area contributed by atoms with Crippen molar-refractivity contribution >= 4 is 23.5 Å². The molecule has 1 aliphatic rings. The largest absolute Gasteiger partial charge is 0.504 e. The Morgan fingerprint density at radius 1 is 1.23 bits per heavy atom. The van der Waals surface area contributed by atoms with E-state index in [1.54, 1.807) is 23.7 Å². The Hall–Kier alpha value is -3.26. The fourth-order valence-corrected chi connectivity index (χ4v) is 4.50. The van der Waals surface area contributed by atoms with Crippen molar-refractivity contribution in [2.24, 2.45) is 7.05 Å². The molecule has 2 heterocycles. The van der Waals surface area contributed by atoms with E-state index in [1.807, 2.05) is 30.3 Å². The van der Waals surface area contributed by atoms with Gasteiger partial charge in [0.2, 0.25) is 5.91 Å². The van der Waals surface area contributed by atoms with Crippen LogP contribution < -0.4 is 15.6 Å². The number of amides is 1. The van der Waals surface area contributed by atoms with Gasteiger partial charge in [-0.05, 0) is 23.3 Å². The van der Waals surface area contributed by atoms with E-state index in [0.29, 0.717) is 33.6 Å². The summed E-state index contributed by atoms with van der Waals surface area (Å²) in [6.45, 7) is 0. The maximum Gasteiger partial charge on any atom is 0.279 e. The molecule has 0 fully saturated rings. The number of nitrogens with one attached hydrogen (secondary N) is 1. The van der Waals surface area contributed by atoms with Crippen LogP contribution in [-0.4, -0.2) is 27.7 Å². The molecule has 1 aliphatic heterocycles. The van der Waals surface area contributed by atoms with Gasteiger partial charge in [-0.25, -0.2) is 0 Å². The summed E-state index contributed by atoms with van der Waals surface area (Å²) in [5, 5.41) is 13.3. The minimum absolute atomic E-state index is 0.000391. The number of rotatable bonds is 5. The van der Waals surface area contributed by atoms with Gasteiger partial charge in [0, 0.05) is 25.1 Å². The highest BCUT2D eigenvalue weighted by Crippen LogP contribution is 2.38. The number of carbonyl (C=O) groups excluding carboxylic acids is 1. The second kappa shape index (κ2) is 8.23. The van der Waals surface area contributed by atoms with Crippen molar-refractivity contribution in [1.29, 1.82) is 0 Å². The minimum atomic E-state index is -0.470. The van der Waals surface area contributed by atoms with E-state index in [-0.39, 0.29) is 23.6 Å². The maximum atomic E-state index is 13.0. The van der Waals surface area contributed by atoms with Crippen LogP contribution >= 0.6 is 11.8 Å². The summed E-state index contributed by atoms with van der Waals surface area (Å²) in [7, 11) is 3.25. The Bertz CT molecular complexity index is 1160. The first kappa shape index (κ1) is 20.0. The van der Waals surface area contributed by atoms with Gasteiger partial charge in [0.25, 0.3) is 5.56 Å². The van der Waals surface area contributed by atoms with Gasteiger partial charge in [-0.1, -0.05) is 48.2 Å². The summed E-state index contributed by atoms with van der Waals surface area (Å²) >= 11 is 1.44. The van der Waals surface area contributed by atoms with E-state index >= 15 is 0 Å². The van der Waals surface area contributed by atoms with Crippen molar-refractivity contribution in [2.45, 2.75) is 23.2 Å². The number of methoxy groups -OCH3 is 1. The minimum Gasteiger partial charge on any atom is -0.504 e. The molecule has 0 saturated carbocycles. The zero-order valence-electron chi connectivity index (χ0n) is 16.6. The summed E-state index contributed by atoms with van der Waals surface area (Å²) in [5.74, 6) is 0.758. The number of hydrogen-bond donors (Lipinski definition) is 2. The van der Waals surface area contributed by atoms with Crippen molar-refractivity contribution in [2.75, 3.05) is 12.4 Å². The van der Waals surface area contributed by atoms with Gasteiger partial charge in [0.05, 0.1) is 12.7 Å². The first-order valence-electron chi connectivity index (χ1n) is 9.42. The molecule has 0 saturated heterocycles. The van der Waals surface area contributed by atoms with Crippen molar-refractivity contribution in [3.8, 4) is 11.5 Å². The van der Waals surface area contributed by atoms with Gasteiger partial charge < -0.3 is 19.7 Å². The lowest BCUT2D eigenvalue weighted by Crippen LogP contribution is -2.33. The molecule has 0 aliphatic carbocycles. The first-order chi connectivity index (χ1) is 14.5. The molecule has 4 rings (SSSR count). The fourth-order valence-electron chi connectivity index (χ4n) is 3.58. The predicted molar refractivity (Wildman–Crippen MR) is 115 cm³/mol. The molecule has 0 bridgehead atoms. The lowest BCUT2D eigenvalue weighted by Gasteiger charge is -2.27. The van der Waals surface area contributed by atoms with E-state index in [0.717, 1.165) is 5.56 Å². The number of benzene rings is 2. The number of phenols is 1. The topological polar surface area (TPSA) is 93.5 Å². The van der Waals surface area contributed by atoms with Gasteiger partial charge in [-0.2, -0.15) is 4.98 Å². The summed E-state index contributed by atoms with van der Waals surface area (Å²) in [6.07, 6.45) is 0.119. The van der Waals surface area contributed by atoms with Gasteiger partial charge in [0.1, 0.15) is 5.82 Å². The number of hydrogen-bond acceptors (Lipinski definition) is 6. The number of aromatic nitrogens is 2. The number of aromatic hydroxyl groups is 1. The Morgan fingerprint density at radius 2 is 2.00 bits per heavy atom.